The number of rotatable bonds is 5. The first-order valence-corrected chi connectivity index (χ1v) is 8.49. The largest absolute Gasteiger partial charge is 0.354 e. The molecule has 3 rings (SSSR count). The Labute approximate surface area is 141 Å². The molecule has 2 N–H and O–H groups in total. The van der Waals surface area contributed by atoms with E-state index in [4.69, 9.17) is 0 Å². The fourth-order valence-electron chi connectivity index (χ4n) is 2.51. The third kappa shape index (κ3) is 3.16. The van der Waals surface area contributed by atoms with Gasteiger partial charge >= 0.3 is 5.69 Å². The second kappa shape index (κ2) is 6.84. The third-order valence-corrected chi connectivity index (χ3v) is 4.82. The number of aromatic amines is 1. The summed E-state index contributed by atoms with van der Waals surface area (Å²) in [5, 5.41) is 4.54. The van der Waals surface area contributed by atoms with E-state index in [1.54, 1.807) is 11.4 Å². The number of H-pyrrole nitrogens is 1. The number of nitrogens with zero attached hydrogens (tertiary/aromatic N) is 1. The lowest BCUT2D eigenvalue weighted by Crippen LogP contribution is -2.39. The molecule has 1 unspecified atom stereocenters. The SMILES string of the molecule is CC(C(=O)NCCn1c(=O)[nH]c2ccsc2c1=O)c1ccccc1. The summed E-state index contributed by atoms with van der Waals surface area (Å²) in [5.74, 6) is -0.427. The van der Waals surface area contributed by atoms with E-state index in [1.807, 2.05) is 37.3 Å². The number of benzene rings is 1. The van der Waals surface area contributed by atoms with Gasteiger partial charge < -0.3 is 10.3 Å². The van der Waals surface area contributed by atoms with Crippen LogP contribution in [0.2, 0.25) is 0 Å². The van der Waals surface area contributed by atoms with E-state index in [2.05, 4.69) is 10.3 Å². The van der Waals surface area contributed by atoms with Gasteiger partial charge in [0.05, 0.1) is 11.4 Å². The minimum atomic E-state index is -0.462. The number of nitrogens with one attached hydrogen (secondary N) is 2. The highest BCUT2D eigenvalue weighted by Gasteiger charge is 2.15. The van der Waals surface area contributed by atoms with Crippen molar-refractivity contribution in [1.82, 2.24) is 14.9 Å². The molecule has 0 spiro atoms. The fraction of sp³-hybridized carbons (Fsp3) is 0.235. The maximum atomic E-state index is 12.3. The molecule has 24 heavy (non-hydrogen) atoms. The average Bonchev–Trinajstić information content (AvgIpc) is 3.06. The summed E-state index contributed by atoms with van der Waals surface area (Å²) in [4.78, 5) is 39.1. The topological polar surface area (TPSA) is 84.0 Å². The molecule has 0 aliphatic heterocycles. The van der Waals surface area contributed by atoms with Gasteiger partial charge in [0.25, 0.3) is 5.56 Å². The number of fused-ring (bicyclic) bond motifs is 1. The van der Waals surface area contributed by atoms with Gasteiger partial charge in [0.2, 0.25) is 5.91 Å². The maximum Gasteiger partial charge on any atom is 0.328 e. The van der Waals surface area contributed by atoms with Crippen molar-refractivity contribution in [2.24, 2.45) is 0 Å². The van der Waals surface area contributed by atoms with Gasteiger partial charge in [-0.1, -0.05) is 30.3 Å². The second-order valence-corrected chi connectivity index (χ2v) is 6.39. The predicted octanol–water partition coefficient (Wildman–Crippen LogP) is 1.67. The molecule has 124 valence electrons. The molecule has 0 aliphatic rings. The van der Waals surface area contributed by atoms with Crippen LogP contribution in [0.3, 0.4) is 0 Å². The smallest absolute Gasteiger partial charge is 0.328 e. The van der Waals surface area contributed by atoms with Gasteiger partial charge in [0.15, 0.2) is 0 Å². The Morgan fingerprint density at radius 3 is 2.75 bits per heavy atom. The van der Waals surface area contributed by atoms with E-state index in [1.165, 1.54) is 11.3 Å². The first-order chi connectivity index (χ1) is 11.6. The van der Waals surface area contributed by atoms with Crippen molar-refractivity contribution in [3.63, 3.8) is 0 Å². The lowest BCUT2D eigenvalue weighted by atomic mass is 10.0. The van der Waals surface area contributed by atoms with Crippen molar-refractivity contribution in [3.8, 4) is 0 Å². The fourth-order valence-corrected chi connectivity index (χ4v) is 3.31. The van der Waals surface area contributed by atoms with Crippen LogP contribution in [0.5, 0.6) is 0 Å². The zero-order chi connectivity index (χ0) is 17.1. The molecule has 2 heterocycles. The molecule has 0 radical (unpaired) electrons. The number of hydrogen-bond acceptors (Lipinski definition) is 4. The molecule has 7 heteroatoms. The van der Waals surface area contributed by atoms with E-state index in [0.717, 1.165) is 10.1 Å². The van der Waals surface area contributed by atoms with Crippen molar-refractivity contribution in [2.45, 2.75) is 19.4 Å². The second-order valence-electron chi connectivity index (χ2n) is 5.47. The molecule has 6 nitrogen and oxygen atoms in total. The summed E-state index contributed by atoms with van der Waals surface area (Å²) in [6.07, 6.45) is 0. The molecule has 3 aromatic rings. The summed E-state index contributed by atoms with van der Waals surface area (Å²) in [6.45, 7) is 2.17. The number of carbonyl (C=O) groups is 1. The molecule has 0 fully saturated rings. The quantitative estimate of drug-likeness (QED) is 0.739. The Bertz CT molecular complexity index is 972. The number of thiophene rings is 1. The molecule has 2 aromatic heterocycles. The van der Waals surface area contributed by atoms with Gasteiger partial charge in [0.1, 0.15) is 4.70 Å². The number of amides is 1. The summed E-state index contributed by atoms with van der Waals surface area (Å²) in [7, 11) is 0. The first-order valence-electron chi connectivity index (χ1n) is 7.61. The monoisotopic (exact) mass is 343 g/mol. The minimum absolute atomic E-state index is 0.134. The van der Waals surface area contributed by atoms with E-state index >= 15 is 0 Å². The molecule has 1 aromatic carbocycles. The van der Waals surface area contributed by atoms with Gasteiger partial charge in [-0.3, -0.25) is 14.2 Å². The van der Waals surface area contributed by atoms with Crippen molar-refractivity contribution in [3.05, 3.63) is 68.2 Å². The molecule has 0 bridgehead atoms. The van der Waals surface area contributed by atoms with Crippen molar-refractivity contribution in [2.75, 3.05) is 6.54 Å². The third-order valence-electron chi connectivity index (χ3n) is 3.92. The molecule has 0 aliphatic carbocycles. The summed E-state index contributed by atoms with van der Waals surface area (Å²) < 4.78 is 1.63. The van der Waals surface area contributed by atoms with E-state index in [0.29, 0.717) is 10.2 Å². The van der Waals surface area contributed by atoms with Crippen LogP contribution >= 0.6 is 11.3 Å². The van der Waals surface area contributed by atoms with Gasteiger partial charge in [-0.15, -0.1) is 11.3 Å². The molecular weight excluding hydrogens is 326 g/mol. The first kappa shape index (κ1) is 16.2. The number of hydrogen-bond donors (Lipinski definition) is 2. The Hall–Kier alpha value is -2.67. The lowest BCUT2D eigenvalue weighted by Gasteiger charge is -2.12. The Balaban J connectivity index is 1.68. The lowest BCUT2D eigenvalue weighted by molar-refractivity contribution is -0.122. The van der Waals surface area contributed by atoms with Crippen molar-refractivity contribution < 1.29 is 4.79 Å². The highest BCUT2D eigenvalue weighted by Crippen LogP contribution is 2.14. The van der Waals surface area contributed by atoms with Crippen LogP contribution in [0.15, 0.2) is 51.4 Å². The highest BCUT2D eigenvalue weighted by atomic mass is 32.1. The van der Waals surface area contributed by atoms with Crippen LogP contribution in [0.1, 0.15) is 18.4 Å². The summed E-state index contributed by atoms with van der Waals surface area (Å²) in [6, 6.07) is 11.2. The minimum Gasteiger partial charge on any atom is -0.354 e. The van der Waals surface area contributed by atoms with Crippen LogP contribution < -0.4 is 16.6 Å². The van der Waals surface area contributed by atoms with Crippen LogP contribution in [0.4, 0.5) is 0 Å². The van der Waals surface area contributed by atoms with Gasteiger partial charge in [-0.05, 0) is 23.9 Å². The number of carbonyl (C=O) groups excluding carboxylic acids is 1. The molecule has 1 amide bonds. The van der Waals surface area contributed by atoms with Gasteiger partial charge in [-0.25, -0.2) is 4.79 Å². The molecule has 1 atom stereocenters. The zero-order valence-electron chi connectivity index (χ0n) is 13.1. The van der Waals surface area contributed by atoms with Crippen LogP contribution in [-0.4, -0.2) is 22.0 Å². The average molecular weight is 343 g/mol. The normalized spacial score (nSPS) is 12.2. The highest BCUT2D eigenvalue weighted by molar-refractivity contribution is 7.17. The van der Waals surface area contributed by atoms with Crippen LogP contribution in [0, 0.1) is 0 Å². The van der Waals surface area contributed by atoms with Crippen LogP contribution in [-0.2, 0) is 11.3 Å². The molecular formula is C17H17N3O3S. The Kier molecular flexibility index (Phi) is 4.61. The number of aromatic nitrogens is 2. The molecule has 0 saturated heterocycles. The predicted molar refractivity (Wildman–Crippen MR) is 94.6 cm³/mol. The molecule has 0 saturated carbocycles. The standard InChI is InChI=1S/C17H17N3O3S/c1-11(12-5-3-2-4-6-12)15(21)18-8-9-20-16(22)14-13(7-10-24-14)19-17(20)23/h2-7,10-11H,8-9H2,1H3,(H,18,21)(H,19,23). The van der Waals surface area contributed by atoms with Crippen LogP contribution in [0.25, 0.3) is 10.2 Å². The van der Waals surface area contributed by atoms with Gasteiger partial charge in [0, 0.05) is 13.1 Å². The van der Waals surface area contributed by atoms with E-state index in [-0.39, 0.29) is 30.5 Å². The zero-order valence-corrected chi connectivity index (χ0v) is 13.9. The van der Waals surface area contributed by atoms with Crippen molar-refractivity contribution in [1.29, 1.82) is 0 Å². The summed E-state index contributed by atoms with van der Waals surface area (Å²) in [5.41, 5.74) is 0.684. The maximum absolute atomic E-state index is 12.3. The van der Waals surface area contributed by atoms with Crippen molar-refractivity contribution >= 4 is 27.5 Å². The summed E-state index contributed by atoms with van der Waals surface area (Å²) >= 11 is 1.29. The van der Waals surface area contributed by atoms with Gasteiger partial charge in [-0.2, -0.15) is 0 Å². The Morgan fingerprint density at radius 2 is 2.00 bits per heavy atom. The Morgan fingerprint density at radius 1 is 1.25 bits per heavy atom. The van der Waals surface area contributed by atoms with E-state index in [9.17, 15) is 14.4 Å². The van der Waals surface area contributed by atoms with E-state index < -0.39 is 5.69 Å².